The van der Waals surface area contributed by atoms with E-state index in [0.29, 0.717) is 0 Å². The van der Waals surface area contributed by atoms with Crippen molar-refractivity contribution in [3.05, 3.63) is 23.8 Å². The summed E-state index contributed by atoms with van der Waals surface area (Å²) in [4.78, 5) is 12.1. The van der Waals surface area contributed by atoms with Crippen molar-refractivity contribution >= 4 is 11.6 Å². The van der Waals surface area contributed by atoms with Crippen molar-refractivity contribution in [2.45, 2.75) is 45.1 Å². The normalized spacial score (nSPS) is 23.0. The Hall–Kier alpha value is -1.71. The topological polar surface area (TPSA) is 75.4 Å². The molecule has 1 amide bonds. The monoisotopic (exact) mass is 262 g/mol. The molecule has 19 heavy (non-hydrogen) atoms. The number of carbonyl (C=O) groups excluding carboxylic acids is 1. The molecule has 104 valence electrons. The summed E-state index contributed by atoms with van der Waals surface area (Å²) in [6.45, 7) is 2.22. The molecule has 0 aromatic heterocycles. The molecule has 1 aliphatic carbocycles. The number of rotatable bonds is 3. The Balaban J connectivity index is 1.96. The lowest BCUT2D eigenvalue weighted by atomic mass is 9.84. The van der Waals surface area contributed by atoms with Crippen LogP contribution in [0.25, 0.3) is 0 Å². The highest BCUT2D eigenvalue weighted by Gasteiger charge is 2.22. The molecule has 2 rings (SSSR count). The van der Waals surface area contributed by atoms with Crippen LogP contribution in [0.3, 0.4) is 0 Å². The summed E-state index contributed by atoms with van der Waals surface area (Å²) in [5.41, 5.74) is 6.10. The van der Waals surface area contributed by atoms with Gasteiger partial charge in [0.15, 0.2) is 5.75 Å². The van der Waals surface area contributed by atoms with Gasteiger partial charge >= 0.3 is 0 Å². The molecule has 1 aromatic rings. The number of aromatic hydroxyl groups is 1. The maximum Gasteiger partial charge on any atom is 0.255 e. The molecule has 4 nitrogen and oxygen atoms in total. The summed E-state index contributed by atoms with van der Waals surface area (Å²) in [5, 5.41) is 12.8. The third-order valence-electron chi connectivity index (χ3n) is 4.07. The van der Waals surface area contributed by atoms with E-state index in [1.807, 2.05) is 0 Å². The predicted octanol–water partition coefficient (Wildman–Crippen LogP) is 2.67. The minimum absolute atomic E-state index is 0.123. The summed E-state index contributed by atoms with van der Waals surface area (Å²) >= 11 is 0. The molecule has 0 saturated heterocycles. The fraction of sp³-hybridized carbons (Fsp3) is 0.533. The summed E-state index contributed by atoms with van der Waals surface area (Å²) in [7, 11) is 0. The first-order valence-corrected chi connectivity index (χ1v) is 7.00. The highest BCUT2D eigenvalue weighted by molar-refractivity contribution is 5.98. The first-order valence-electron chi connectivity index (χ1n) is 7.00. The van der Waals surface area contributed by atoms with Crippen LogP contribution in [0.5, 0.6) is 5.75 Å². The molecule has 1 aromatic carbocycles. The summed E-state index contributed by atoms with van der Waals surface area (Å²) in [6.07, 6.45) is 5.60. The maximum atomic E-state index is 12.1. The number of benzene rings is 1. The zero-order valence-electron chi connectivity index (χ0n) is 11.4. The zero-order valence-corrected chi connectivity index (χ0v) is 11.4. The third kappa shape index (κ3) is 3.19. The van der Waals surface area contributed by atoms with Crippen LogP contribution in [0.15, 0.2) is 18.2 Å². The summed E-state index contributed by atoms with van der Waals surface area (Å²) < 4.78 is 0. The number of hydrogen-bond acceptors (Lipinski definition) is 3. The highest BCUT2D eigenvalue weighted by atomic mass is 16.3. The molecule has 0 aliphatic heterocycles. The lowest BCUT2D eigenvalue weighted by Crippen LogP contribution is -2.37. The Kier molecular flexibility index (Phi) is 4.30. The lowest BCUT2D eigenvalue weighted by molar-refractivity contribution is 0.0919. The molecule has 1 fully saturated rings. The van der Waals surface area contributed by atoms with Crippen LogP contribution in [0.2, 0.25) is 0 Å². The zero-order chi connectivity index (χ0) is 13.8. The van der Waals surface area contributed by atoms with Crippen LogP contribution in [0, 0.1) is 5.92 Å². The number of carbonyl (C=O) groups is 1. The molecule has 1 saturated carbocycles. The minimum atomic E-state index is -0.232. The number of phenolic OH excluding ortho intramolecular Hbond substituents is 1. The van der Waals surface area contributed by atoms with Crippen molar-refractivity contribution in [3.8, 4) is 5.75 Å². The van der Waals surface area contributed by atoms with Gasteiger partial charge in [-0.15, -0.1) is 0 Å². The first-order chi connectivity index (χ1) is 9.11. The molecular formula is C15H22N2O2. The second-order valence-electron chi connectivity index (χ2n) is 5.34. The lowest BCUT2D eigenvalue weighted by Gasteiger charge is -2.28. The van der Waals surface area contributed by atoms with Gasteiger partial charge in [-0.2, -0.15) is 0 Å². The van der Waals surface area contributed by atoms with Crippen molar-refractivity contribution in [2.75, 3.05) is 5.73 Å². The molecule has 0 bridgehead atoms. The second-order valence-corrected chi connectivity index (χ2v) is 5.34. The predicted molar refractivity (Wildman–Crippen MR) is 76.0 cm³/mol. The van der Waals surface area contributed by atoms with Crippen LogP contribution < -0.4 is 11.1 Å². The molecule has 0 heterocycles. The Morgan fingerprint density at radius 3 is 2.68 bits per heavy atom. The number of para-hydroxylation sites is 1. The van der Waals surface area contributed by atoms with Gasteiger partial charge in [0.1, 0.15) is 0 Å². The van der Waals surface area contributed by atoms with E-state index < -0.39 is 0 Å². The highest BCUT2D eigenvalue weighted by Crippen LogP contribution is 2.28. The van der Waals surface area contributed by atoms with E-state index in [2.05, 4.69) is 12.2 Å². The molecule has 0 radical (unpaired) electrons. The van der Waals surface area contributed by atoms with Gasteiger partial charge in [0.05, 0.1) is 11.3 Å². The van der Waals surface area contributed by atoms with E-state index in [1.165, 1.54) is 19.3 Å². The second kappa shape index (κ2) is 5.95. The summed E-state index contributed by atoms with van der Waals surface area (Å²) in [5.74, 6) is 0.445. The smallest absolute Gasteiger partial charge is 0.255 e. The molecule has 0 spiro atoms. The van der Waals surface area contributed by atoms with Gasteiger partial charge in [0, 0.05) is 6.04 Å². The molecule has 4 N–H and O–H groups in total. The molecule has 1 aliphatic rings. The van der Waals surface area contributed by atoms with Crippen LogP contribution in [-0.2, 0) is 0 Å². The van der Waals surface area contributed by atoms with E-state index in [-0.39, 0.29) is 28.9 Å². The van der Waals surface area contributed by atoms with Crippen molar-refractivity contribution < 1.29 is 9.90 Å². The standard InChI is InChI=1S/C15H22N2O2/c1-2-10-6-8-11(9-7-10)17-15(19)12-4-3-5-13(16)14(12)18/h3-5,10-11,18H,2,6-9,16H2,1H3,(H,17,19). The van der Waals surface area contributed by atoms with E-state index in [4.69, 9.17) is 5.73 Å². The Bertz CT molecular complexity index is 451. The molecule has 4 heteroatoms. The Labute approximate surface area is 114 Å². The number of nitrogens with two attached hydrogens (primary N) is 1. The first kappa shape index (κ1) is 13.7. The summed E-state index contributed by atoms with van der Waals surface area (Å²) in [6, 6.07) is 5.08. The number of hydrogen-bond donors (Lipinski definition) is 3. The average molecular weight is 262 g/mol. The van der Waals surface area contributed by atoms with E-state index >= 15 is 0 Å². The molecule has 0 atom stereocenters. The average Bonchev–Trinajstić information content (AvgIpc) is 2.42. The van der Waals surface area contributed by atoms with E-state index in [9.17, 15) is 9.90 Å². The Morgan fingerprint density at radius 2 is 2.05 bits per heavy atom. The number of nitrogen functional groups attached to an aromatic ring is 1. The van der Waals surface area contributed by atoms with E-state index in [1.54, 1.807) is 18.2 Å². The number of phenols is 1. The Morgan fingerprint density at radius 1 is 1.37 bits per heavy atom. The van der Waals surface area contributed by atoms with Gasteiger partial charge in [-0.3, -0.25) is 4.79 Å². The fourth-order valence-corrected chi connectivity index (χ4v) is 2.72. The van der Waals surface area contributed by atoms with Gasteiger partial charge in [-0.05, 0) is 43.7 Å². The largest absolute Gasteiger partial charge is 0.505 e. The van der Waals surface area contributed by atoms with Gasteiger partial charge in [0.25, 0.3) is 5.91 Å². The van der Waals surface area contributed by atoms with Crippen LogP contribution in [0.1, 0.15) is 49.4 Å². The molecule has 0 unspecified atom stereocenters. The third-order valence-corrected chi connectivity index (χ3v) is 4.07. The van der Waals surface area contributed by atoms with Crippen LogP contribution >= 0.6 is 0 Å². The van der Waals surface area contributed by atoms with Gasteiger partial charge in [-0.1, -0.05) is 19.4 Å². The quantitative estimate of drug-likeness (QED) is 0.579. The number of anilines is 1. The molecular weight excluding hydrogens is 240 g/mol. The number of amides is 1. The van der Waals surface area contributed by atoms with Gasteiger partial charge < -0.3 is 16.2 Å². The van der Waals surface area contributed by atoms with Crippen LogP contribution in [-0.4, -0.2) is 17.1 Å². The van der Waals surface area contributed by atoms with Crippen molar-refractivity contribution in [2.24, 2.45) is 5.92 Å². The van der Waals surface area contributed by atoms with Crippen molar-refractivity contribution in [3.63, 3.8) is 0 Å². The van der Waals surface area contributed by atoms with Gasteiger partial charge in [-0.25, -0.2) is 0 Å². The fourth-order valence-electron chi connectivity index (χ4n) is 2.72. The number of nitrogens with one attached hydrogen (secondary N) is 1. The van der Waals surface area contributed by atoms with Crippen LogP contribution in [0.4, 0.5) is 5.69 Å². The van der Waals surface area contributed by atoms with Crippen molar-refractivity contribution in [1.29, 1.82) is 0 Å². The van der Waals surface area contributed by atoms with E-state index in [0.717, 1.165) is 18.8 Å². The minimum Gasteiger partial charge on any atom is -0.505 e. The maximum absolute atomic E-state index is 12.1. The SMILES string of the molecule is CCC1CCC(NC(=O)c2cccc(N)c2O)CC1. The van der Waals surface area contributed by atoms with Crippen molar-refractivity contribution in [1.82, 2.24) is 5.32 Å². The van der Waals surface area contributed by atoms with Gasteiger partial charge in [0.2, 0.25) is 0 Å².